The van der Waals surface area contributed by atoms with E-state index in [9.17, 15) is 9.59 Å². The number of carbonyl (C=O) groups excluding carboxylic acids is 1. The van der Waals surface area contributed by atoms with Crippen LogP contribution in [0.2, 0.25) is 0 Å². The summed E-state index contributed by atoms with van der Waals surface area (Å²) in [5.74, 6) is 0.716. The van der Waals surface area contributed by atoms with Crippen molar-refractivity contribution in [2.45, 2.75) is 65.3 Å². The number of hydrogen-bond donors (Lipinski definition) is 0. The average molecular weight is 478 g/mol. The van der Waals surface area contributed by atoms with Crippen molar-refractivity contribution in [2.75, 3.05) is 20.3 Å². The summed E-state index contributed by atoms with van der Waals surface area (Å²) < 4.78 is 7.00. The van der Waals surface area contributed by atoms with Gasteiger partial charge in [0, 0.05) is 26.2 Å². The predicted molar refractivity (Wildman–Crippen MR) is 142 cm³/mol. The molecular formula is C29H39N3O3. The van der Waals surface area contributed by atoms with E-state index in [1.54, 1.807) is 11.7 Å². The summed E-state index contributed by atoms with van der Waals surface area (Å²) in [7, 11) is 1.68. The maximum atomic E-state index is 13.9. The number of nitrogens with zero attached hydrogens (tertiary/aromatic N) is 3. The Morgan fingerprint density at radius 3 is 2.37 bits per heavy atom. The highest BCUT2D eigenvalue weighted by atomic mass is 16.5. The van der Waals surface area contributed by atoms with Crippen LogP contribution in [-0.4, -0.2) is 40.6 Å². The molecule has 3 rings (SSSR count). The fraction of sp³-hybridized carbons (Fsp3) is 0.483. The molecule has 6 heteroatoms. The lowest BCUT2D eigenvalue weighted by Crippen LogP contribution is -2.42. The first-order valence-electron chi connectivity index (χ1n) is 12.9. The summed E-state index contributed by atoms with van der Waals surface area (Å²) in [4.78, 5) is 34.6. The summed E-state index contributed by atoms with van der Waals surface area (Å²) in [6.07, 6.45) is 5.14. The van der Waals surface area contributed by atoms with Crippen molar-refractivity contribution in [1.82, 2.24) is 14.5 Å². The molecule has 0 aliphatic carbocycles. The fourth-order valence-corrected chi connectivity index (χ4v) is 4.73. The quantitative estimate of drug-likeness (QED) is 0.287. The van der Waals surface area contributed by atoms with Crippen molar-refractivity contribution >= 4 is 16.8 Å². The van der Waals surface area contributed by atoms with Crippen LogP contribution in [-0.2, 0) is 9.53 Å². The van der Waals surface area contributed by atoms with Crippen LogP contribution in [0.1, 0.15) is 71.2 Å². The summed E-state index contributed by atoms with van der Waals surface area (Å²) in [5, 5.41) is 0.571. The number of rotatable bonds is 13. The van der Waals surface area contributed by atoms with Crippen LogP contribution in [0.3, 0.4) is 0 Å². The van der Waals surface area contributed by atoms with Crippen LogP contribution in [0, 0.1) is 5.92 Å². The highest BCUT2D eigenvalue weighted by Gasteiger charge is 2.32. The number of unbranched alkanes of at least 4 members (excludes halogenated alkanes) is 1. The van der Waals surface area contributed by atoms with Crippen LogP contribution < -0.4 is 5.56 Å². The van der Waals surface area contributed by atoms with Crippen LogP contribution in [0.15, 0.2) is 59.4 Å². The molecule has 0 aliphatic rings. The minimum Gasteiger partial charge on any atom is -0.385 e. The van der Waals surface area contributed by atoms with Gasteiger partial charge in [0.1, 0.15) is 5.82 Å². The van der Waals surface area contributed by atoms with E-state index < -0.39 is 0 Å². The highest BCUT2D eigenvalue weighted by Crippen LogP contribution is 2.29. The van der Waals surface area contributed by atoms with Gasteiger partial charge in [-0.05, 0) is 49.9 Å². The van der Waals surface area contributed by atoms with E-state index in [1.807, 2.05) is 59.5 Å². The van der Waals surface area contributed by atoms with Gasteiger partial charge in [0.15, 0.2) is 0 Å². The zero-order valence-electron chi connectivity index (χ0n) is 21.6. The van der Waals surface area contributed by atoms with E-state index in [-0.39, 0.29) is 23.4 Å². The lowest BCUT2D eigenvalue weighted by atomic mass is 9.96. The molecular weight excluding hydrogens is 438 g/mol. The van der Waals surface area contributed by atoms with E-state index in [2.05, 4.69) is 20.8 Å². The number of para-hydroxylation sites is 2. The van der Waals surface area contributed by atoms with E-state index in [1.165, 1.54) is 0 Å². The first kappa shape index (κ1) is 26.6. The molecule has 188 valence electrons. The molecule has 1 aromatic heterocycles. The normalized spacial score (nSPS) is 13.0. The molecule has 0 fully saturated rings. The lowest BCUT2D eigenvalue weighted by Gasteiger charge is -2.35. The van der Waals surface area contributed by atoms with Gasteiger partial charge in [0.25, 0.3) is 5.56 Å². The molecule has 0 aliphatic heterocycles. The molecule has 1 amide bonds. The Balaban J connectivity index is 2.18. The van der Waals surface area contributed by atoms with E-state index in [4.69, 9.17) is 9.72 Å². The second-order valence-corrected chi connectivity index (χ2v) is 9.01. The molecule has 0 bridgehead atoms. The Kier molecular flexibility index (Phi) is 10.0. The molecule has 0 N–H and O–H groups in total. The monoisotopic (exact) mass is 477 g/mol. The number of hydrogen-bond acceptors (Lipinski definition) is 4. The van der Waals surface area contributed by atoms with Gasteiger partial charge in [-0.15, -0.1) is 0 Å². The number of ether oxygens (including phenoxy) is 1. The van der Waals surface area contributed by atoms with Gasteiger partial charge in [0.05, 0.1) is 22.6 Å². The maximum absolute atomic E-state index is 13.9. The van der Waals surface area contributed by atoms with Crippen molar-refractivity contribution < 1.29 is 9.53 Å². The van der Waals surface area contributed by atoms with Crippen molar-refractivity contribution in [2.24, 2.45) is 5.92 Å². The Labute approximate surface area is 208 Å². The highest BCUT2D eigenvalue weighted by molar-refractivity contribution is 5.80. The smallest absolute Gasteiger partial charge is 0.266 e. The molecule has 2 atom stereocenters. The Bertz CT molecular complexity index is 1140. The third-order valence-corrected chi connectivity index (χ3v) is 6.66. The Morgan fingerprint density at radius 2 is 1.71 bits per heavy atom. The van der Waals surface area contributed by atoms with Crippen LogP contribution >= 0.6 is 0 Å². The Morgan fingerprint density at radius 1 is 1.00 bits per heavy atom. The zero-order chi connectivity index (χ0) is 25.2. The molecule has 0 saturated heterocycles. The number of amides is 1. The standard InChI is InChI=1S/C29H39N3O3/c1-5-8-15-22(6-2)28(33)31(20-14-21-35-4)26(7-3)27-30-25-19-13-12-18-24(25)29(34)32(27)23-16-10-9-11-17-23/h9-13,16-19,22,26H,5-8,14-15,20-21H2,1-4H3. The van der Waals surface area contributed by atoms with Crippen molar-refractivity contribution in [3.63, 3.8) is 0 Å². The van der Waals surface area contributed by atoms with E-state index in [0.29, 0.717) is 36.3 Å². The van der Waals surface area contributed by atoms with Gasteiger partial charge in [0.2, 0.25) is 5.91 Å². The number of carbonyl (C=O) groups is 1. The summed E-state index contributed by atoms with van der Waals surface area (Å²) in [6.45, 7) is 7.43. The number of methoxy groups -OCH3 is 1. The van der Waals surface area contributed by atoms with Crippen molar-refractivity contribution in [1.29, 1.82) is 0 Å². The molecule has 1 heterocycles. The SMILES string of the molecule is CCCCC(CC)C(=O)N(CCCOC)C(CC)c1nc2ccccc2c(=O)n1-c1ccccc1. The molecule has 0 spiro atoms. The molecule has 35 heavy (non-hydrogen) atoms. The third-order valence-electron chi connectivity index (χ3n) is 6.66. The molecule has 6 nitrogen and oxygen atoms in total. The molecule has 2 aromatic carbocycles. The van der Waals surface area contributed by atoms with Crippen molar-refractivity contribution in [3.8, 4) is 5.69 Å². The third kappa shape index (κ3) is 6.17. The fourth-order valence-electron chi connectivity index (χ4n) is 4.73. The summed E-state index contributed by atoms with van der Waals surface area (Å²) in [5.41, 5.74) is 1.30. The van der Waals surface area contributed by atoms with Gasteiger partial charge >= 0.3 is 0 Å². The molecule has 3 aromatic rings. The number of aromatic nitrogens is 2. The lowest BCUT2D eigenvalue weighted by molar-refractivity contribution is -0.139. The zero-order valence-corrected chi connectivity index (χ0v) is 21.6. The minimum absolute atomic E-state index is 0.0381. The average Bonchev–Trinajstić information content (AvgIpc) is 2.89. The predicted octanol–water partition coefficient (Wildman–Crippen LogP) is 5.92. The molecule has 0 saturated carbocycles. The van der Waals surface area contributed by atoms with E-state index in [0.717, 1.165) is 37.8 Å². The van der Waals surface area contributed by atoms with Crippen molar-refractivity contribution in [3.05, 3.63) is 70.8 Å². The Hall–Kier alpha value is -2.99. The topological polar surface area (TPSA) is 64.4 Å². The van der Waals surface area contributed by atoms with Crippen LogP contribution in [0.25, 0.3) is 16.6 Å². The molecule has 0 radical (unpaired) electrons. The summed E-state index contributed by atoms with van der Waals surface area (Å²) >= 11 is 0. The van der Waals surface area contributed by atoms with Gasteiger partial charge < -0.3 is 9.64 Å². The first-order valence-corrected chi connectivity index (χ1v) is 12.9. The first-order chi connectivity index (χ1) is 17.1. The maximum Gasteiger partial charge on any atom is 0.266 e. The molecule has 2 unspecified atom stereocenters. The second-order valence-electron chi connectivity index (χ2n) is 9.01. The van der Waals surface area contributed by atoms with Gasteiger partial charge in [-0.3, -0.25) is 14.2 Å². The number of benzene rings is 2. The van der Waals surface area contributed by atoms with Gasteiger partial charge in [-0.25, -0.2) is 4.98 Å². The van der Waals surface area contributed by atoms with Gasteiger partial charge in [-0.1, -0.05) is 63.9 Å². The van der Waals surface area contributed by atoms with E-state index >= 15 is 0 Å². The number of fused-ring (bicyclic) bond motifs is 1. The summed E-state index contributed by atoms with van der Waals surface area (Å²) in [6, 6.07) is 16.7. The second kappa shape index (κ2) is 13.2. The van der Waals surface area contributed by atoms with Crippen LogP contribution in [0.5, 0.6) is 0 Å². The minimum atomic E-state index is -0.326. The van der Waals surface area contributed by atoms with Gasteiger partial charge in [-0.2, -0.15) is 0 Å². The largest absolute Gasteiger partial charge is 0.385 e. The van der Waals surface area contributed by atoms with Crippen LogP contribution in [0.4, 0.5) is 0 Å².